The van der Waals surface area contributed by atoms with E-state index in [0.717, 1.165) is 22.7 Å². The van der Waals surface area contributed by atoms with E-state index in [1.807, 2.05) is 13.0 Å². The normalized spacial score (nSPS) is 15.9. The third kappa shape index (κ3) is 3.48. The Bertz CT molecular complexity index is 1020. The third-order valence-electron chi connectivity index (χ3n) is 5.32. The molecule has 3 aromatic rings. The number of amides is 1. The highest BCUT2D eigenvalue weighted by Crippen LogP contribution is 2.38. The lowest BCUT2D eigenvalue weighted by atomic mass is 9.86. The molecule has 0 bridgehead atoms. The van der Waals surface area contributed by atoms with Crippen molar-refractivity contribution in [1.82, 2.24) is 14.9 Å². The number of nitrogens with zero attached hydrogens (tertiary/aromatic N) is 2. The number of aryl methyl sites for hydroxylation is 1. The van der Waals surface area contributed by atoms with Gasteiger partial charge in [-0.15, -0.1) is 0 Å². The lowest BCUT2D eigenvalue weighted by Gasteiger charge is -2.33. The molecular formula is C21H20F3N3O. The van der Waals surface area contributed by atoms with Crippen molar-refractivity contribution in [3.8, 4) is 0 Å². The van der Waals surface area contributed by atoms with E-state index in [4.69, 9.17) is 0 Å². The van der Waals surface area contributed by atoms with Gasteiger partial charge in [-0.25, -0.2) is 0 Å². The molecule has 0 spiro atoms. The maximum atomic E-state index is 13.3. The number of aromatic nitrogens is 2. The van der Waals surface area contributed by atoms with Crippen molar-refractivity contribution >= 4 is 16.9 Å². The van der Waals surface area contributed by atoms with Crippen LogP contribution in [0.2, 0.25) is 0 Å². The maximum Gasteiger partial charge on any atom is 0.416 e. The predicted octanol–water partition coefficient (Wildman–Crippen LogP) is 4.91. The Morgan fingerprint density at radius 2 is 1.89 bits per heavy atom. The molecule has 0 radical (unpaired) electrons. The molecule has 4 nitrogen and oxygen atoms in total. The SMILES string of the molecule is Cc1cnc2cc(C(=O)N3CCC(c4ccccc4C(F)(F)F)CC3)[nH]c2c1. The van der Waals surface area contributed by atoms with E-state index >= 15 is 0 Å². The van der Waals surface area contributed by atoms with Gasteiger partial charge in [-0.3, -0.25) is 9.78 Å². The summed E-state index contributed by atoms with van der Waals surface area (Å²) in [6, 6.07) is 9.39. The number of halogens is 3. The molecule has 1 saturated heterocycles. The van der Waals surface area contributed by atoms with Gasteiger partial charge in [0.2, 0.25) is 0 Å². The minimum absolute atomic E-state index is 0.141. The molecular weight excluding hydrogens is 367 g/mol. The van der Waals surface area contributed by atoms with Crippen LogP contribution in [-0.2, 0) is 6.18 Å². The van der Waals surface area contributed by atoms with Crippen molar-refractivity contribution in [2.75, 3.05) is 13.1 Å². The Labute approximate surface area is 160 Å². The Balaban J connectivity index is 1.49. The summed E-state index contributed by atoms with van der Waals surface area (Å²) in [5.74, 6) is -0.341. The molecule has 1 fully saturated rings. The van der Waals surface area contributed by atoms with Crippen LogP contribution >= 0.6 is 0 Å². The number of carbonyl (C=O) groups is 1. The summed E-state index contributed by atoms with van der Waals surface area (Å²) in [6.07, 6.45) is -1.60. The van der Waals surface area contributed by atoms with Crippen LogP contribution in [-0.4, -0.2) is 33.9 Å². The van der Waals surface area contributed by atoms with Gasteiger partial charge in [0.05, 0.1) is 16.6 Å². The van der Waals surface area contributed by atoms with Gasteiger partial charge in [-0.05, 0) is 55.0 Å². The van der Waals surface area contributed by atoms with Crippen LogP contribution in [0.25, 0.3) is 11.0 Å². The zero-order valence-corrected chi connectivity index (χ0v) is 15.4. The summed E-state index contributed by atoms with van der Waals surface area (Å²) in [5, 5.41) is 0. The topological polar surface area (TPSA) is 49.0 Å². The van der Waals surface area contributed by atoms with Gasteiger partial charge >= 0.3 is 6.18 Å². The van der Waals surface area contributed by atoms with Gasteiger partial charge in [-0.1, -0.05) is 18.2 Å². The van der Waals surface area contributed by atoms with Gasteiger partial charge in [-0.2, -0.15) is 13.2 Å². The highest BCUT2D eigenvalue weighted by atomic mass is 19.4. The molecule has 3 heterocycles. The first-order chi connectivity index (χ1) is 13.3. The molecule has 7 heteroatoms. The number of fused-ring (bicyclic) bond motifs is 1. The third-order valence-corrected chi connectivity index (χ3v) is 5.32. The first-order valence-electron chi connectivity index (χ1n) is 9.23. The Kier molecular flexibility index (Phi) is 4.61. The highest BCUT2D eigenvalue weighted by molar-refractivity contribution is 5.97. The lowest BCUT2D eigenvalue weighted by molar-refractivity contribution is -0.138. The number of pyridine rings is 1. The largest absolute Gasteiger partial charge is 0.416 e. The van der Waals surface area contributed by atoms with Crippen LogP contribution < -0.4 is 0 Å². The van der Waals surface area contributed by atoms with E-state index in [9.17, 15) is 18.0 Å². The van der Waals surface area contributed by atoms with Crippen LogP contribution in [0.15, 0.2) is 42.6 Å². The molecule has 0 saturated carbocycles. The Morgan fingerprint density at radius 1 is 1.18 bits per heavy atom. The summed E-state index contributed by atoms with van der Waals surface area (Å²) in [7, 11) is 0. The minimum Gasteiger partial charge on any atom is -0.349 e. The van der Waals surface area contributed by atoms with E-state index in [1.165, 1.54) is 6.07 Å². The first-order valence-corrected chi connectivity index (χ1v) is 9.23. The minimum atomic E-state index is -4.36. The molecule has 1 aliphatic rings. The fourth-order valence-electron chi connectivity index (χ4n) is 3.90. The molecule has 1 amide bonds. The molecule has 0 unspecified atom stereocenters. The number of nitrogens with one attached hydrogen (secondary N) is 1. The smallest absolute Gasteiger partial charge is 0.349 e. The molecule has 4 rings (SSSR count). The van der Waals surface area contributed by atoms with Gasteiger partial charge in [0.15, 0.2) is 0 Å². The quantitative estimate of drug-likeness (QED) is 0.679. The molecule has 1 aromatic carbocycles. The van der Waals surface area contributed by atoms with Gasteiger partial charge in [0.1, 0.15) is 5.69 Å². The number of hydrogen-bond donors (Lipinski definition) is 1. The molecule has 1 aliphatic heterocycles. The average Bonchev–Trinajstić information content (AvgIpc) is 3.10. The van der Waals surface area contributed by atoms with Gasteiger partial charge in [0.25, 0.3) is 5.91 Å². The number of aromatic amines is 1. The van der Waals surface area contributed by atoms with Crippen LogP contribution in [0.3, 0.4) is 0 Å². The van der Waals surface area contributed by atoms with E-state index in [1.54, 1.807) is 29.3 Å². The molecule has 1 N–H and O–H groups in total. The van der Waals surface area contributed by atoms with Crippen LogP contribution in [0, 0.1) is 6.92 Å². The van der Waals surface area contributed by atoms with Crippen LogP contribution in [0.4, 0.5) is 13.2 Å². The first kappa shape index (κ1) is 18.5. The molecule has 0 aliphatic carbocycles. The number of carbonyl (C=O) groups excluding carboxylic acids is 1. The van der Waals surface area contributed by atoms with E-state index < -0.39 is 11.7 Å². The van der Waals surface area contributed by atoms with Crippen molar-refractivity contribution in [1.29, 1.82) is 0 Å². The molecule has 2 aromatic heterocycles. The summed E-state index contributed by atoms with van der Waals surface area (Å²) in [5.41, 5.74) is 2.74. The number of piperidine rings is 1. The standard InChI is InChI=1S/C21H20F3N3O/c1-13-10-18-17(25-12-13)11-19(26-18)20(28)27-8-6-14(7-9-27)15-4-2-3-5-16(15)21(22,23)24/h2-5,10-12,14,26H,6-9H2,1H3. The molecule has 28 heavy (non-hydrogen) atoms. The summed E-state index contributed by atoms with van der Waals surface area (Å²) < 4.78 is 39.9. The fourth-order valence-corrected chi connectivity index (χ4v) is 3.90. The van der Waals surface area contributed by atoms with Gasteiger partial charge in [0, 0.05) is 19.3 Å². The average molecular weight is 387 g/mol. The zero-order chi connectivity index (χ0) is 19.9. The fraction of sp³-hybridized carbons (Fsp3) is 0.333. The van der Waals surface area contributed by atoms with Crippen molar-refractivity contribution in [2.45, 2.75) is 31.9 Å². The van der Waals surface area contributed by atoms with E-state index in [-0.39, 0.29) is 11.8 Å². The van der Waals surface area contributed by atoms with Crippen molar-refractivity contribution < 1.29 is 18.0 Å². The Morgan fingerprint density at radius 3 is 2.61 bits per heavy atom. The summed E-state index contributed by atoms with van der Waals surface area (Å²) in [4.78, 5) is 21.9. The number of likely N-dealkylation sites (tertiary alicyclic amines) is 1. The Hall–Kier alpha value is -2.83. The second-order valence-corrected chi connectivity index (χ2v) is 7.28. The summed E-state index contributed by atoms with van der Waals surface area (Å²) >= 11 is 0. The van der Waals surface area contributed by atoms with Crippen LogP contribution in [0.5, 0.6) is 0 Å². The molecule has 146 valence electrons. The predicted molar refractivity (Wildman–Crippen MR) is 100 cm³/mol. The number of alkyl halides is 3. The number of hydrogen-bond acceptors (Lipinski definition) is 2. The number of rotatable bonds is 2. The second-order valence-electron chi connectivity index (χ2n) is 7.28. The van der Waals surface area contributed by atoms with Crippen molar-refractivity contribution in [3.05, 3.63) is 65.0 Å². The summed E-state index contributed by atoms with van der Waals surface area (Å²) in [6.45, 7) is 2.79. The lowest BCUT2D eigenvalue weighted by Crippen LogP contribution is -2.38. The number of benzene rings is 1. The van der Waals surface area contributed by atoms with Gasteiger partial charge < -0.3 is 9.88 Å². The van der Waals surface area contributed by atoms with Crippen molar-refractivity contribution in [3.63, 3.8) is 0 Å². The monoisotopic (exact) mass is 387 g/mol. The van der Waals surface area contributed by atoms with E-state index in [2.05, 4.69) is 9.97 Å². The number of H-pyrrole nitrogens is 1. The highest BCUT2D eigenvalue weighted by Gasteiger charge is 2.36. The van der Waals surface area contributed by atoms with Crippen LogP contribution in [0.1, 0.15) is 45.9 Å². The second kappa shape index (κ2) is 6.96. The van der Waals surface area contributed by atoms with E-state index in [0.29, 0.717) is 37.2 Å². The molecule has 0 atom stereocenters. The maximum absolute atomic E-state index is 13.3. The zero-order valence-electron chi connectivity index (χ0n) is 15.4. The van der Waals surface area contributed by atoms with Crippen molar-refractivity contribution in [2.24, 2.45) is 0 Å².